The second kappa shape index (κ2) is 6.89. The van der Waals surface area contributed by atoms with Crippen LogP contribution in [0, 0.1) is 5.41 Å². The molecule has 0 bridgehead atoms. The Hall–Kier alpha value is -0.630. The predicted octanol–water partition coefficient (Wildman–Crippen LogP) is 2.11. The zero-order valence-electron chi connectivity index (χ0n) is 11.7. The minimum Gasteiger partial charge on any atom is -0.398 e. The molecule has 0 aromatic heterocycles. The van der Waals surface area contributed by atoms with Crippen molar-refractivity contribution in [1.29, 1.82) is 0 Å². The summed E-state index contributed by atoms with van der Waals surface area (Å²) in [7, 11) is -3.57. The van der Waals surface area contributed by atoms with Crippen molar-refractivity contribution in [3.8, 4) is 0 Å². The van der Waals surface area contributed by atoms with Gasteiger partial charge in [-0.3, -0.25) is 0 Å². The third-order valence-corrected chi connectivity index (χ3v) is 5.15. The fraction of sp³-hybridized carbons (Fsp3) is 0.538. The summed E-state index contributed by atoms with van der Waals surface area (Å²) in [6, 6.07) is 4.54. The number of rotatable bonds is 7. The quantitative estimate of drug-likeness (QED) is 0.646. The van der Waals surface area contributed by atoms with Gasteiger partial charge in [0, 0.05) is 23.3 Å². The molecule has 1 rings (SSSR count). The van der Waals surface area contributed by atoms with E-state index in [0.717, 1.165) is 6.42 Å². The van der Waals surface area contributed by atoms with Crippen LogP contribution < -0.4 is 10.5 Å². The van der Waals surface area contributed by atoms with E-state index in [2.05, 4.69) is 20.7 Å². The lowest BCUT2D eigenvalue weighted by Crippen LogP contribution is -2.34. The molecule has 4 N–H and O–H groups in total. The molecule has 114 valence electrons. The molecule has 0 aliphatic carbocycles. The number of aliphatic hydroxyl groups is 1. The molecule has 0 saturated heterocycles. The molecule has 1 aromatic carbocycles. The number of nitrogen functional groups attached to an aromatic ring is 1. The fourth-order valence-corrected chi connectivity index (χ4v) is 3.23. The number of nitrogens with one attached hydrogen (secondary N) is 1. The van der Waals surface area contributed by atoms with Crippen molar-refractivity contribution < 1.29 is 13.5 Å². The van der Waals surface area contributed by atoms with Gasteiger partial charge in [0.2, 0.25) is 10.0 Å². The summed E-state index contributed by atoms with van der Waals surface area (Å²) in [4.78, 5) is 0.149. The third-order valence-electron chi connectivity index (χ3n) is 3.03. The minimum atomic E-state index is -3.57. The van der Waals surface area contributed by atoms with E-state index in [9.17, 15) is 8.42 Å². The first-order valence-corrected chi connectivity index (χ1v) is 8.61. The van der Waals surface area contributed by atoms with Crippen LogP contribution in [0.5, 0.6) is 0 Å². The molecule has 0 saturated carbocycles. The molecule has 0 radical (unpaired) electrons. The Bertz CT molecular complexity index is 559. The molecule has 1 aromatic rings. The lowest BCUT2D eigenvalue weighted by atomic mass is 9.88. The molecule has 7 heteroatoms. The highest BCUT2D eigenvalue weighted by Gasteiger charge is 2.22. The maximum absolute atomic E-state index is 12.2. The van der Waals surface area contributed by atoms with Crippen LogP contribution in [-0.4, -0.2) is 26.7 Å². The Morgan fingerprint density at radius 3 is 2.60 bits per heavy atom. The van der Waals surface area contributed by atoms with Gasteiger partial charge in [-0.2, -0.15) is 0 Å². The summed E-state index contributed by atoms with van der Waals surface area (Å²) < 4.78 is 27.6. The van der Waals surface area contributed by atoms with Gasteiger partial charge in [-0.1, -0.05) is 13.8 Å². The summed E-state index contributed by atoms with van der Waals surface area (Å²) in [5, 5.41) is 8.84. The fourth-order valence-electron chi connectivity index (χ4n) is 1.71. The average Bonchev–Trinajstić information content (AvgIpc) is 2.37. The van der Waals surface area contributed by atoms with Crippen LogP contribution in [0.3, 0.4) is 0 Å². The summed E-state index contributed by atoms with van der Waals surface area (Å²) in [5.41, 5.74) is 5.87. The molecule has 20 heavy (non-hydrogen) atoms. The number of sulfonamides is 1. The predicted molar refractivity (Wildman–Crippen MR) is 83.8 cm³/mol. The molecular formula is C13H21BrN2O3S. The van der Waals surface area contributed by atoms with Crippen molar-refractivity contribution >= 4 is 31.6 Å². The van der Waals surface area contributed by atoms with Crippen LogP contribution in [0.25, 0.3) is 0 Å². The van der Waals surface area contributed by atoms with E-state index in [1.54, 1.807) is 6.07 Å². The highest BCUT2D eigenvalue weighted by atomic mass is 79.9. The van der Waals surface area contributed by atoms with Crippen LogP contribution in [0.4, 0.5) is 5.69 Å². The number of hydrogen-bond acceptors (Lipinski definition) is 4. The zero-order chi connectivity index (χ0) is 15.4. The number of benzene rings is 1. The summed E-state index contributed by atoms with van der Waals surface area (Å²) >= 11 is 3.23. The van der Waals surface area contributed by atoms with Gasteiger partial charge in [-0.15, -0.1) is 0 Å². The number of anilines is 1. The molecule has 0 atom stereocenters. The molecule has 0 heterocycles. The molecule has 0 amide bonds. The Morgan fingerprint density at radius 2 is 2.05 bits per heavy atom. The zero-order valence-corrected chi connectivity index (χ0v) is 14.1. The van der Waals surface area contributed by atoms with E-state index in [0.29, 0.717) is 23.1 Å². The van der Waals surface area contributed by atoms with E-state index in [1.807, 2.05) is 13.8 Å². The van der Waals surface area contributed by atoms with Gasteiger partial charge in [0.05, 0.1) is 4.90 Å². The van der Waals surface area contributed by atoms with Crippen LogP contribution in [0.15, 0.2) is 27.6 Å². The highest BCUT2D eigenvalue weighted by molar-refractivity contribution is 9.10. The Kier molecular flexibility index (Phi) is 6.00. The summed E-state index contributed by atoms with van der Waals surface area (Å²) in [6.45, 7) is 4.34. The van der Waals surface area contributed by atoms with Crippen molar-refractivity contribution in [2.24, 2.45) is 5.41 Å². The third kappa shape index (κ3) is 5.05. The molecule has 0 fully saturated rings. The van der Waals surface area contributed by atoms with Crippen molar-refractivity contribution in [2.45, 2.75) is 31.6 Å². The average molecular weight is 365 g/mol. The summed E-state index contributed by atoms with van der Waals surface area (Å²) in [6.07, 6.45) is 1.40. The lowest BCUT2D eigenvalue weighted by Gasteiger charge is -2.24. The van der Waals surface area contributed by atoms with Gasteiger partial charge in [0.25, 0.3) is 0 Å². The summed E-state index contributed by atoms with van der Waals surface area (Å²) in [5.74, 6) is 0. The van der Waals surface area contributed by atoms with Gasteiger partial charge in [-0.25, -0.2) is 13.1 Å². The maximum Gasteiger partial charge on any atom is 0.240 e. The first-order chi connectivity index (χ1) is 9.18. The molecule has 0 aliphatic rings. The number of hydrogen-bond donors (Lipinski definition) is 3. The Labute approximate surface area is 128 Å². The molecular weight excluding hydrogens is 344 g/mol. The van der Waals surface area contributed by atoms with Crippen LogP contribution >= 0.6 is 15.9 Å². The van der Waals surface area contributed by atoms with E-state index < -0.39 is 10.0 Å². The van der Waals surface area contributed by atoms with E-state index in [4.69, 9.17) is 10.8 Å². The number of halogens is 1. The first kappa shape index (κ1) is 17.4. The molecule has 0 aliphatic heterocycles. The van der Waals surface area contributed by atoms with Gasteiger partial charge < -0.3 is 10.8 Å². The lowest BCUT2D eigenvalue weighted by molar-refractivity contribution is 0.242. The minimum absolute atomic E-state index is 0.111. The Balaban J connectivity index is 2.77. The second-order valence-corrected chi connectivity index (χ2v) is 8.12. The normalized spacial score (nSPS) is 12.6. The number of nitrogens with two attached hydrogens (primary N) is 1. The smallest absolute Gasteiger partial charge is 0.240 e. The Morgan fingerprint density at radius 1 is 1.40 bits per heavy atom. The number of aliphatic hydroxyl groups excluding tert-OH is 1. The maximum atomic E-state index is 12.2. The van der Waals surface area contributed by atoms with Crippen molar-refractivity contribution in [2.75, 3.05) is 18.9 Å². The van der Waals surface area contributed by atoms with Gasteiger partial charge in [-0.05, 0) is 52.4 Å². The largest absolute Gasteiger partial charge is 0.398 e. The van der Waals surface area contributed by atoms with Gasteiger partial charge >= 0.3 is 0 Å². The monoisotopic (exact) mass is 364 g/mol. The molecule has 0 unspecified atom stereocenters. The van der Waals surface area contributed by atoms with Gasteiger partial charge in [0.1, 0.15) is 0 Å². The van der Waals surface area contributed by atoms with Crippen LogP contribution in [0.2, 0.25) is 0 Å². The van der Waals surface area contributed by atoms with Gasteiger partial charge in [0.15, 0.2) is 0 Å². The highest BCUT2D eigenvalue weighted by Crippen LogP contribution is 2.24. The topological polar surface area (TPSA) is 92.4 Å². The van der Waals surface area contributed by atoms with Crippen LogP contribution in [-0.2, 0) is 10.0 Å². The first-order valence-electron chi connectivity index (χ1n) is 6.33. The van der Waals surface area contributed by atoms with E-state index >= 15 is 0 Å². The SMILES string of the molecule is CC(C)(CCCO)CNS(=O)(=O)c1ccc(Br)c(N)c1. The van der Waals surface area contributed by atoms with Crippen LogP contribution in [0.1, 0.15) is 26.7 Å². The van der Waals surface area contributed by atoms with E-state index in [1.165, 1.54) is 12.1 Å². The van der Waals surface area contributed by atoms with E-state index in [-0.39, 0.29) is 16.9 Å². The van der Waals surface area contributed by atoms with Crippen molar-refractivity contribution in [3.63, 3.8) is 0 Å². The second-order valence-electron chi connectivity index (χ2n) is 5.50. The van der Waals surface area contributed by atoms with Crippen molar-refractivity contribution in [1.82, 2.24) is 4.72 Å². The molecule has 5 nitrogen and oxygen atoms in total. The van der Waals surface area contributed by atoms with Crippen molar-refractivity contribution in [3.05, 3.63) is 22.7 Å². The standard InChI is InChI=1S/C13H21BrN2O3S/c1-13(2,6-3-7-17)9-16-20(18,19)10-4-5-11(14)12(15)8-10/h4-5,8,16-17H,3,6-7,9,15H2,1-2H3. The molecule has 0 spiro atoms.